The van der Waals surface area contributed by atoms with Gasteiger partial charge in [0.15, 0.2) is 23.1 Å². The highest BCUT2D eigenvalue weighted by molar-refractivity contribution is 6.09. The Balaban J connectivity index is 1.14. The number of para-hydroxylation sites is 2. The number of aromatic nitrogens is 5. The number of nitrogens with zero attached hydrogens (tertiary/aromatic N) is 5. The van der Waals surface area contributed by atoms with Crippen molar-refractivity contribution in [2.75, 3.05) is 0 Å². The molecule has 0 saturated heterocycles. The lowest BCUT2D eigenvalue weighted by atomic mass is 10.1. The summed E-state index contributed by atoms with van der Waals surface area (Å²) in [7, 11) is 0. The van der Waals surface area contributed by atoms with Crippen LogP contribution in [0.15, 0.2) is 156 Å². The molecule has 216 valence electrons. The van der Waals surface area contributed by atoms with Gasteiger partial charge < -0.3 is 8.98 Å². The molecule has 9 rings (SSSR count). The number of benzene rings is 6. The first kappa shape index (κ1) is 26.0. The molecule has 0 aliphatic rings. The minimum Gasteiger partial charge on any atom is -0.436 e. The van der Waals surface area contributed by atoms with E-state index in [1.54, 1.807) is 0 Å². The summed E-state index contributed by atoms with van der Waals surface area (Å²) < 4.78 is 8.70. The van der Waals surface area contributed by atoms with Crippen molar-refractivity contribution in [3.63, 3.8) is 0 Å². The number of fused-ring (bicyclic) bond motifs is 4. The van der Waals surface area contributed by atoms with Gasteiger partial charge in [0.1, 0.15) is 5.52 Å². The van der Waals surface area contributed by atoms with Gasteiger partial charge in [-0.05, 0) is 48.5 Å². The third-order valence-corrected chi connectivity index (χ3v) is 8.28. The van der Waals surface area contributed by atoms with Crippen molar-refractivity contribution in [3.05, 3.63) is 152 Å². The van der Waals surface area contributed by atoms with E-state index < -0.39 is 0 Å². The Kier molecular flexibility index (Phi) is 6.03. The minimum atomic E-state index is 0.556. The van der Waals surface area contributed by atoms with E-state index in [-0.39, 0.29) is 0 Å². The van der Waals surface area contributed by atoms with Gasteiger partial charge in [0.25, 0.3) is 0 Å². The third-order valence-electron chi connectivity index (χ3n) is 8.28. The van der Waals surface area contributed by atoms with E-state index in [9.17, 15) is 0 Å². The van der Waals surface area contributed by atoms with Gasteiger partial charge in [0, 0.05) is 38.7 Å². The summed E-state index contributed by atoms with van der Waals surface area (Å²) in [5.74, 6) is 2.36. The van der Waals surface area contributed by atoms with E-state index in [2.05, 4.69) is 71.3 Å². The van der Waals surface area contributed by atoms with Crippen LogP contribution in [0.25, 0.3) is 84.2 Å². The molecule has 0 aliphatic heterocycles. The average Bonchev–Trinajstić information content (AvgIpc) is 3.71. The zero-order valence-corrected chi connectivity index (χ0v) is 24.6. The van der Waals surface area contributed by atoms with Gasteiger partial charge in [0.2, 0.25) is 5.89 Å². The van der Waals surface area contributed by atoms with Crippen LogP contribution in [0.1, 0.15) is 0 Å². The molecule has 0 spiro atoms. The average molecular weight is 592 g/mol. The van der Waals surface area contributed by atoms with Crippen LogP contribution in [-0.4, -0.2) is 24.5 Å². The van der Waals surface area contributed by atoms with E-state index in [1.165, 1.54) is 10.8 Å². The van der Waals surface area contributed by atoms with Gasteiger partial charge in [-0.1, -0.05) is 103 Å². The van der Waals surface area contributed by atoms with Crippen molar-refractivity contribution in [3.8, 4) is 51.3 Å². The van der Waals surface area contributed by atoms with E-state index >= 15 is 0 Å². The van der Waals surface area contributed by atoms with Crippen LogP contribution in [0, 0.1) is 0 Å². The molecule has 9 aromatic rings. The summed E-state index contributed by atoms with van der Waals surface area (Å²) in [4.78, 5) is 19.4. The predicted molar refractivity (Wildman–Crippen MR) is 183 cm³/mol. The number of hydrogen-bond acceptors (Lipinski definition) is 5. The first-order valence-corrected chi connectivity index (χ1v) is 15.2. The third kappa shape index (κ3) is 4.43. The Bertz CT molecular complexity index is 2420. The molecular weight excluding hydrogens is 566 g/mol. The quantitative estimate of drug-likeness (QED) is 0.199. The van der Waals surface area contributed by atoms with Crippen molar-refractivity contribution in [2.45, 2.75) is 0 Å². The molecule has 0 amide bonds. The lowest BCUT2D eigenvalue weighted by Crippen LogP contribution is -2.00. The molecule has 0 bridgehead atoms. The van der Waals surface area contributed by atoms with Crippen molar-refractivity contribution < 1.29 is 4.42 Å². The topological polar surface area (TPSA) is 69.6 Å². The summed E-state index contributed by atoms with van der Waals surface area (Å²) in [5, 5.41) is 2.45. The number of rotatable bonds is 5. The smallest absolute Gasteiger partial charge is 0.227 e. The molecule has 46 heavy (non-hydrogen) atoms. The number of oxazole rings is 1. The van der Waals surface area contributed by atoms with Gasteiger partial charge in [-0.2, -0.15) is 0 Å². The first-order chi connectivity index (χ1) is 22.8. The van der Waals surface area contributed by atoms with Crippen LogP contribution in [0.4, 0.5) is 0 Å². The lowest BCUT2D eigenvalue weighted by molar-refractivity contribution is 0.620. The molecular formula is C40H25N5O. The Morgan fingerprint density at radius 1 is 0.413 bits per heavy atom. The Morgan fingerprint density at radius 2 is 0.957 bits per heavy atom. The highest BCUT2D eigenvalue weighted by Crippen LogP contribution is 2.34. The summed E-state index contributed by atoms with van der Waals surface area (Å²) in [5.41, 5.74) is 8.37. The molecule has 0 atom stereocenters. The van der Waals surface area contributed by atoms with Gasteiger partial charge >= 0.3 is 0 Å². The van der Waals surface area contributed by atoms with Crippen molar-refractivity contribution in [2.24, 2.45) is 0 Å². The summed E-state index contributed by atoms with van der Waals surface area (Å²) in [6.07, 6.45) is 0. The molecule has 0 saturated carbocycles. The van der Waals surface area contributed by atoms with E-state index in [0.717, 1.165) is 44.5 Å². The van der Waals surface area contributed by atoms with Crippen LogP contribution in [0.5, 0.6) is 0 Å². The fourth-order valence-electron chi connectivity index (χ4n) is 6.10. The standard InChI is InChI=1S/C40H25N5O/c1-3-12-26(13-4-1)37-42-38(27-14-5-2-6-15-27)44-39(43-37)28-22-23-33-36(25-28)46-40(41-33)29-16-11-17-30(24-29)45-34-20-9-7-18-31(34)32-19-8-10-21-35(32)45/h1-25H. The van der Waals surface area contributed by atoms with Crippen molar-refractivity contribution in [1.82, 2.24) is 24.5 Å². The molecule has 6 heteroatoms. The van der Waals surface area contributed by atoms with Gasteiger partial charge in [0.05, 0.1) is 11.0 Å². The Morgan fingerprint density at radius 3 is 1.59 bits per heavy atom. The van der Waals surface area contributed by atoms with Gasteiger partial charge in [-0.25, -0.2) is 19.9 Å². The van der Waals surface area contributed by atoms with Crippen LogP contribution in [0.3, 0.4) is 0 Å². The van der Waals surface area contributed by atoms with Gasteiger partial charge in [-0.15, -0.1) is 0 Å². The highest BCUT2D eigenvalue weighted by atomic mass is 16.3. The fraction of sp³-hybridized carbons (Fsp3) is 0. The normalized spacial score (nSPS) is 11.5. The van der Waals surface area contributed by atoms with Crippen molar-refractivity contribution in [1.29, 1.82) is 0 Å². The summed E-state index contributed by atoms with van der Waals surface area (Å²) in [6, 6.07) is 51.2. The molecule has 0 N–H and O–H groups in total. The molecule has 6 aromatic carbocycles. The molecule has 0 fully saturated rings. The largest absolute Gasteiger partial charge is 0.436 e. The van der Waals surface area contributed by atoms with Crippen LogP contribution in [0.2, 0.25) is 0 Å². The molecule has 0 aliphatic carbocycles. The maximum absolute atomic E-state index is 6.40. The first-order valence-electron chi connectivity index (χ1n) is 15.2. The molecule has 0 unspecified atom stereocenters. The second-order valence-corrected chi connectivity index (χ2v) is 11.2. The zero-order valence-electron chi connectivity index (χ0n) is 24.6. The van der Waals surface area contributed by atoms with Crippen LogP contribution >= 0.6 is 0 Å². The van der Waals surface area contributed by atoms with Gasteiger partial charge in [-0.3, -0.25) is 0 Å². The summed E-state index contributed by atoms with van der Waals surface area (Å²) >= 11 is 0. The number of hydrogen-bond donors (Lipinski definition) is 0. The Labute approximate surface area is 264 Å². The van der Waals surface area contributed by atoms with E-state index in [1.807, 2.05) is 84.9 Å². The summed E-state index contributed by atoms with van der Waals surface area (Å²) in [6.45, 7) is 0. The van der Waals surface area contributed by atoms with Crippen LogP contribution < -0.4 is 0 Å². The van der Waals surface area contributed by atoms with Crippen molar-refractivity contribution >= 4 is 32.9 Å². The van der Waals surface area contributed by atoms with E-state index in [0.29, 0.717) is 28.9 Å². The maximum atomic E-state index is 6.40. The molecule has 0 radical (unpaired) electrons. The SMILES string of the molecule is c1ccc(-c2nc(-c3ccccc3)nc(-c3ccc4nc(-c5cccc(-n6c7ccccc7c7ccccc76)c5)oc4c3)n2)cc1. The monoisotopic (exact) mass is 591 g/mol. The lowest BCUT2D eigenvalue weighted by Gasteiger charge is -2.09. The Hall–Kier alpha value is -6.40. The highest BCUT2D eigenvalue weighted by Gasteiger charge is 2.16. The molecule has 6 nitrogen and oxygen atoms in total. The maximum Gasteiger partial charge on any atom is 0.227 e. The zero-order chi connectivity index (χ0) is 30.5. The molecule has 3 aromatic heterocycles. The van der Waals surface area contributed by atoms with E-state index in [4.69, 9.17) is 24.4 Å². The fourth-order valence-corrected chi connectivity index (χ4v) is 6.10. The minimum absolute atomic E-state index is 0.556. The second-order valence-electron chi connectivity index (χ2n) is 11.2. The van der Waals surface area contributed by atoms with Crippen LogP contribution in [-0.2, 0) is 0 Å². The second kappa shape index (κ2) is 10.6. The predicted octanol–water partition coefficient (Wildman–Crippen LogP) is 9.78. The molecule has 3 heterocycles.